The lowest BCUT2D eigenvalue weighted by Gasteiger charge is -2.08. The molecule has 128 valence electrons. The van der Waals surface area contributed by atoms with Crippen molar-refractivity contribution in [3.05, 3.63) is 72.3 Å². The highest BCUT2D eigenvalue weighted by molar-refractivity contribution is 6.02. The number of furan rings is 1. The van der Waals surface area contributed by atoms with Gasteiger partial charge in [0.05, 0.1) is 25.3 Å². The van der Waals surface area contributed by atoms with Gasteiger partial charge >= 0.3 is 0 Å². The first kappa shape index (κ1) is 16.6. The zero-order chi connectivity index (χ0) is 17.5. The van der Waals surface area contributed by atoms with E-state index in [0.717, 1.165) is 24.5 Å². The molecule has 0 aliphatic heterocycles. The molecule has 0 saturated carbocycles. The Balaban J connectivity index is 1.48. The molecule has 0 aliphatic rings. The maximum Gasteiger partial charge on any atom is 0.291 e. The van der Waals surface area contributed by atoms with Crippen LogP contribution in [0, 0.1) is 0 Å². The molecular formula is C19H19N3O3. The number of carbonyl (C=O) groups excluding carboxylic acids is 1. The number of aromatic nitrogens is 1. The van der Waals surface area contributed by atoms with Gasteiger partial charge in [0, 0.05) is 6.54 Å². The molecule has 6 nitrogen and oxygen atoms in total. The third kappa shape index (κ3) is 4.60. The van der Waals surface area contributed by atoms with E-state index in [1.54, 1.807) is 31.5 Å². The van der Waals surface area contributed by atoms with Crippen molar-refractivity contribution in [1.82, 2.24) is 4.98 Å². The standard InChI is InChI=1S/C19H19N3O3/c1-24-16-7-4-14(5-8-16)10-11-20-18-9-6-15(13-21-18)22-19(23)17-3-2-12-25-17/h2-9,12-13H,10-11H2,1H3,(H,20,21)(H,22,23). The van der Waals surface area contributed by atoms with Crippen molar-refractivity contribution in [2.24, 2.45) is 0 Å². The summed E-state index contributed by atoms with van der Waals surface area (Å²) in [6.07, 6.45) is 3.95. The average molecular weight is 337 g/mol. The Labute approximate surface area is 145 Å². The second-order valence-electron chi connectivity index (χ2n) is 5.39. The number of nitrogens with one attached hydrogen (secondary N) is 2. The molecule has 0 radical (unpaired) electrons. The van der Waals surface area contributed by atoms with Gasteiger partial charge in [0.15, 0.2) is 5.76 Å². The van der Waals surface area contributed by atoms with Gasteiger partial charge in [-0.3, -0.25) is 4.79 Å². The quantitative estimate of drug-likeness (QED) is 0.689. The van der Waals surface area contributed by atoms with Crippen LogP contribution >= 0.6 is 0 Å². The van der Waals surface area contributed by atoms with Gasteiger partial charge in [0.1, 0.15) is 11.6 Å². The zero-order valence-corrected chi connectivity index (χ0v) is 13.9. The van der Waals surface area contributed by atoms with Gasteiger partial charge in [-0.1, -0.05) is 12.1 Å². The number of rotatable bonds is 7. The topological polar surface area (TPSA) is 76.4 Å². The van der Waals surface area contributed by atoms with Crippen LogP contribution in [0.15, 0.2) is 65.4 Å². The van der Waals surface area contributed by atoms with Crippen LogP contribution in [-0.4, -0.2) is 24.5 Å². The van der Waals surface area contributed by atoms with Crippen LogP contribution in [0.25, 0.3) is 0 Å². The number of hydrogen-bond acceptors (Lipinski definition) is 5. The van der Waals surface area contributed by atoms with Gasteiger partial charge in [0.25, 0.3) is 5.91 Å². The van der Waals surface area contributed by atoms with Gasteiger partial charge in [-0.2, -0.15) is 0 Å². The summed E-state index contributed by atoms with van der Waals surface area (Å²) in [5.74, 6) is 1.57. The molecule has 3 rings (SSSR count). The first-order valence-corrected chi connectivity index (χ1v) is 7.92. The molecule has 6 heteroatoms. The fourth-order valence-electron chi connectivity index (χ4n) is 2.30. The Morgan fingerprint density at radius 1 is 1.16 bits per heavy atom. The van der Waals surface area contributed by atoms with E-state index in [2.05, 4.69) is 15.6 Å². The van der Waals surface area contributed by atoms with Crippen molar-refractivity contribution >= 4 is 17.4 Å². The summed E-state index contributed by atoms with van der Waals surface area (Å²) in [6.45, 7) is 0.761. The van der Waals surface area contributed by atoms with Crippen LogP contribution < -0.4 is 15.4 Å². The number of anilines is 2. The van der Waals surface area contributed by atoms with E-state index in [1.807, 2.05) is 30.3 Å². The van der Waals surface area contributed by atoms with E-state index in [1.165, 1.54) is 11.8 Å². The zero-order valence-electron chi connectivity index (χ0n) is 13.9. The lowest BCUT2D eigenvalue weighted by molar-refractivity contribution is 0.0996. The first-order chi connectivity index (χ1) is 12.2. The van der Waals surface area contributed by atoms with Crippen molar-refractivity contribution in [3.8, 4) is 5.75 Å². The molecular weight excluding hydrogens is 318 g/mol. The third-order valence-electron chi connectivity index (χ3n) is 3.65. The molecule has 0 unspecified atom stereocenters. The van der Waals surface area contributed by atoms with Crippen molar-refractivity contribution in [2.75, 3.05) is 24.3 Å². The lowest BCUT2D eigenvalue weighted by atomic mass is 10.1. The Bertz CT molecular complexity index is 797. The molecule has 0 saturated heterocycles. The second kappa shape index (κ2) is 8.01. The number of nitrogens with zero attached hydrogens (tertiary/aromatic N) is 1. The number of methoxy groups -OCH3 is 1. The number of ether oxygens (including phenoxy) is 1. The van der Waals surface area contributed by atoms with E-state index < -0.39 is 0 Å². The summed E-state index contributed by atoms with van der Waals surface area (Å²) in [7, 11) is 1.66. The minimum absolute atomic E-state index is 0.265. The highest BCUT2D eigenvalue weighted by Crippen LogP contribution is 2.13. The highest BCUT2D eigenvalue weighted by atomic mass is 16.5. The lowest BCUT2D eigenvalue weighted by Crippen LogP contribution is -2.11. The predicted octanol–water partition coefficient (Wildman–Crippen LogP) is 3.59. The van der Waals surface area contributed by atoms with Gasteiger partial charge < -0.3 is 19.8 Å². The van der Waals surface area contributed by atoms with Crippen LogP contribution in [-0.2, 0) is 6.42 Å². The van der Waals surface area contributed by atoms with Crippen LogP contribution in [0.4, 0.5) is 11.5 Å². The predicted molar refractivity (Wildman–Crippen MR) is 96.1 cm³/mol. The molecule has 0 atom stereocenters. The molecule has 1 amide bonds. The van der Waals surface area contributed by atoms with Crippen LogP contribution in [0.2, 0.25) is 0 Å². The van der Waals surface area contributed by atoms with E-state index in [4.69, 9.17) is 9.15 Å². The smallest absolute Gasteiger partial charge is 0.291 e. The summed E-state index contributed by atoms with van der Waals surface area (Å²) in [5.41, 5.74) is 1.83. The van der Waals surface area contributed by atoms with Crippen LogP contribution in [0.3, 0.4) is 0 Å². The number of pyridine rings is 1. The average Bonchev–Trinajstić information content (AvgIpc) is 3.19. The van der Waals surface area contributed by atoms with Crippen LogP contribution in [0.5, 0.6) is 5.75 Å². The summed E-state index contributed by atoms with van der Waals surface area (Å²) in [6, 6.07) is 14.9. The largest absolute Gasteiger partial charge is 0.497 e. The van der Waals surface area contributed by atoms with Crippen molar-refractivity contribution in [3.63, 3.8) is 0 Å². The van der Waals surface area contributed by atoms with Gasteiger partial charge in [-0.15, -0.1) is 0 Å². The van der Waals surface area contributed by atoms with E-state index in [-0.39, 0.29) is 11.7 Å². The molecule has 0 aliphatic carbocycles. The van der Waals surface area contributed by atoms with E-state index >= 15 is 0 Å². The third-order valence-corrected chi connectivity index (χ3v) is 3.65. The minimum Gasteiger partial charge on any atom is -0.497 e. The van der Waals surface area contributed by atoms with E-state index in [9.17, 15) is 4.79 Å². The van der Waals surface area contributed by atoms with Gasteiger partial charge in [-0.25, -0.2) is 4.98 Å². The van der Waals surface area contributed by atoms with Crippen molar-refractivity contribution in [2.45, 2.75) is 6.42 Å². The summed E-state index contributed by atoms with van der Waals surface area (Å²) >= 11 is 0. The first-order valence-electron chi connectivity index (χ1n) is 7.92. The monoisotopic (exact) mass is 337 g/mol. The molecule has 1 aromatic carbocycles. The molecule has 0 fully saturated rings. The Hall–Kier alpha value is -3.28. The Morgan fingerprint density at radius 2 is 2.00 bits per heavy atom. The number of benzene rings is 1. The molecule has 0 bridgehead atoms. The normalized spacial score (nSPS) is 10.3. The SMILES string of the molecule is COc1ccc(CCNc2ccc(NC(=O)c3ccco3)cn2)cc1. The Morgan fingerprint density at radius 3 is 2.64 bits per heavy atom. The second-order valence-corrected chi connectivity index (χ2v) is 5.39. The van der Waals surface area contributed by atoms with Crippen molar-refractivity contribution in [1.29, 1.82) is 0 Å². The molecule has 2 aromatic heterocycles. The van der Waals surface area contributed by atoms with Gasteiger partial charge in [-0.05, 0) is 48.4 Å². The molecule has 2 heterocycles. The fourth-order valence-corrected chi connectivity index (χ4v) is 2.30. The molecule has 25 heavy (non-hydrogen) atoms. The van der Waals surface area contributed by atoms with Crippen LogP contribution in [0.1, 0.15) is 16.1 Å². The molecule has 3 aromatic rings. The number of amides is 1. The summed E-state index contributed by atoms with van der Waals surface area (Å²) < 4.78 is 10.2. The maximum atomic E-state index is 11.9. The van der Waals surface area contributed by atoms with Crippen molar-refractivity contribution < 1.29 is 13.9 Å². The molecule has 2 N–H and O–H groups in total. The highest BCUT2D eigenvalue weighted by Gasteiger charge is 2.08. The van der Waals surface area contributed by atoms with E-state index in [0.29, 0.717) is 5.69 Å². The number of hydrogen-bond donors (Lipinski definition) is 2. The molecule has 0 spiro atoms. The fraction of sp³-hybridized carbons (Fsp3) is 0.158. The Kier molecular flexibility index (Phi) is 5.31. The summed E-state index contributed by atoms with van der Waals surface area (Å²) in [5, 5.41) is 5.99. The number of carbonyl (C=O) groups is 1. The summed E-state index contributed by atoms with van der Waals surface area (Å²) in [4.78, 5) is 16.2. The van der Waals surface area contributed by atoms with Gasteiger partial charge in [0.2, 0.25) is 0 Å². The maximum absolute atomic E-state index is 11.9. The minimum atomic E-state index is -0.299.